The molecule has 0 heterocycles. The highest BCUT2D eigenvalue weighted by molar-refractivity contribution is 7.80. The van der Waals surface area contributed by atoms with Gasteiger partial charge in [0.05, 0.1) is 0 Å². The Balaban J connectivity index is 4.52. The third-order valence-electron chi connectivity index (χ3n) is 2.12. The molecule has 0 aliphatic rings. The van der Waals surface area contributed by atoms with Crippen LogP contribution in [0.3, 0.4) is 0 Å². The van der Waals surface area contributed by atoms with Crippen molar-refractivity contribution in [3.05, 3.63) is 10.1 Å². The van der Waals surface area contributed by atoms with E-state index in [1.807, 2.05) is 6.92 Å². The summed E-state index contributed by atoms with van der Waals surface area (Å²) in [5, 5.41) is 20.0. The molecule has 0 aliphatic carbocycles. The van der Waals surface area contributed by atoms with Crippen molar-refractivity contribution < 1.29 is 24.6 Å². The lowest BCUT2D eigenvalue weighted by Crippen LogP contribution is -2.47. The van der Waals surface area contributed by atoms with Crippen molar-refractivity contribution in [3.63, 3.8) is 0 Å². The molecule has 18 heavy (non-hydrogen) atoms. The van der Waals surface area contributed by atoms with Gasteiger partial charge < -0.3 is 15.3 Å². The van der Waals surface area contributed by atoms with E-state index >= 15 is 0 Å². The number of carboxylic acid groups (broad SMARTS) is 1. The Hall–Kier alpha value is -1.51. The number of hydrogen-bond acceptors (Lipinski definition) is 6. The fourth-order valence-corrected chi connectivity index (χ4v) is 1.42. The van der Waals surface area contributed by atoms with Crippen LogP contribution >= 0.6 is 12.6 Å². The first kappa shape index (κ1) is 16.5. The Kier molecular flexibility index (Phi) is 7.84. The zero-order valence-corrected chi connectivity index (χ0v) is 10.8. The maximum atomic E-state index is 11.6. The van der Waals surface area contributed by atoms with Crippen LogP contribution in [-0.2, 0) is 14.4 Å². The molecule has 2 N–H and O–H groups in total. The highest BCUT2D eigenvalue weighted by Crippen LogP contribution is 2.06. The van der Waals surface area contributed by atoms with Crippen LogP contribution in [0.1, 0.15) is 26.2 Å². The molecule has 0 bridgehead atoms. The highest BCUT2D eigenvalue weighted by atomic mass is 32.1. The van der Waals surface area contributed by atoms with Gasteiger partial charge in [0.2, 0.25) is 5.91 Å². The average molecular weight is 280 g/mol. The molecule has 0 aliphatic heterocycles. The van der Waals surface area contributed by atoms with Gasteiger partial charge in [0, 0.05) is 5.75 Å². The molecule has 8 nitrogen and oxygen atoms in total. The van der Waals surface area contributed by atoms with Gasteiger partial charge in [-0.15, -0.1) is 10.1 Å². The first-order valence-electron chi connectivity index (χ1n) is 5.37. The summed E-state index contributed by atoms with van der Waals surface area (Å²) in [7, 11) is 0. The molecule has 104 valence electrons. The predicted octanol–water partition coefficient (Wildman–Crippen LogP) is 0.253. The fraction of sp³-hybridized carbons (Fsp3) is 0.778. The molecule has 0 aromatic carbocycles. The minimum absolute atomic E-state index is 0.111. The van der Waals surface area contributed by atoms with Gasteiger partial charge >= 0.3 is 5.97 Å². The van der Waals surface area contributed by atoms with E-state index in [-0.39, 0.29) is 12.2 Å². The van der Waals surface area contributed by atoms with E-state index in [2.05, 4.69) is 22.8 Å². The maximum absolute atomic E-state index is 11.6. The number of unbranched alkanes of at least 4 members (excludes halogenated alkanes) is 1. The standard InChI is InChI=1S/C9H16N2O6S/c1-2-3-4-7(17-11(15)16)8(12)10-6(5-18)9(13)14/h6-7,18H,2-5H2,1H3,(H,10,12)(H,13,14). The number of carbonyl (C=O) groups excluding carboxylic acids is 1. The van der Waals surface area contributed by atoms with E-state index in [0.29, 0.717) is 6.42 Å². The molecular weight excluding hydrogens is 264 g/mol. The zero-order chi connectivity index (χ0) is 14.1. The number of amides is 1. The molecule has 0 radical (unpaired) electrons. The van der Waals surface area contributed by atoms with Gasteiger partial charge in [0.15, 0.2) is 6.10 Å². The molecule has 1 amide bonds. The molecule has 2 unspecified atom stereocenters. The van der Waals surface area contributed by atoms with E-state index in [1.165, 1.54) is 0 Å². The summed E-state index contributed by atoms with van der Waals surface area (Å²) < 4.78 is 0. The van der Waals surface area contributed by atoms with Crippen molar-refractivity contribution in [1.29, 1.82) is 0 Å². The van der Waals surface area contributed by atoms with Crippen LogP contribution < -0.4 is 5.32 Å². The minimum atomic E-state index is -1.29. The summed E-state index contributed by atoms with van der Waals surface area (Å²) >= 11 is 3.77. The lowest BCUT2D eigenvalue weighted by atomic mass is 10.1. The van der Waals surface area contributed by atoms with E-state index in [9.17, 15) is 19.7 Å². The number of thiol groups is 1. The smallest absolute Gasteiger partial charge is 0.327 e. The summed E-state index contributed by atoms with van der Waals surface area (Å²) in [5.41, 5.74) is 0. The van der Waals surface area contributed by atoms with Gasteiger partial charge in [-0.3, -0.25) is 4.79 Å². The lowest BCUT2D eigenvalue weighted by Gasteiger charge is -2.17. The number of nitrogens with one attached hydrogen (secondary N) is 1. The second kappa shape index (κ2) is 8.56. The van der Waals surface area contributed by atoms with E-state index in [4.69, 9.17) is 5.11 Å². The summed E-state index contributed by atoms with van der Waals surface area (Å²) in [6.45, 7) is 1.86. The molecule has 0 aromatic heterocycles. The van der Waals surface area contributed by atoms with Crippen molar-refractivity contribution in [2.45, 2.75) is 38.3 Å². The fourth-order valence-electron chi connectivity index (χ4n) is 1.18. The number of carbonyl (C=O) groups is 2. The third-order valence-corrected chi connectivity index (χ3v) is 2.49. The molecule has 0 saturated heterocycles. The quantitative estimate of drug-likeness (QED) is 0.316. The number of aliphatic carboxylic acids is 1. The number of hydrogen-bond donors (Lipinski definition) is 3. The third kappa shape index (κ3) is 6.28. The van der Waals surface area contributed by atoms with Crippen molar-refractivity contribution in [2.75, 3.05) is 5.75 Å². The monoisotopic (exact) mass is 280 g/mol. The van der Waals surface area contributed by atoms with Crippen LogP contribution in [0.15, 0.2) is 0 Å². The summed E-state index contributed by atoms with van der Waals surface area (Å²) in [6, 6.07) is -1.19. The van der Waals surface area contributed by atoms with Gasteiger partial charge in [-0.1, -0.05) is 19.8 Å². The van der Waals surface area contributed by atoms with Gasteiger partial charge in [0.25, 0.3) is 5.09 Å². The van der Waals surface area contributed by atoms with E-state index < -0.39 is 29.1 Å². The van der Waals surface area contributed by atoms with Crippen LogP contribution in [0.5, 0.6) is 0 Å². The number of rotatable bonds is 9. The van der Waals surface area contributed by atoms with Crippen LogP contribution in [-0.4, -0.2) is 40.0 Å². The number of nitrogens with zero attached hydrogens (tertiary/aromatic N) is 1. The molecule has 0 rings (SSSR count). The van der Waals surface area contributed by atoms with Crippen molar-refractivity contribution in [1.82, 2.24) is 5.32 Å². The Bertz CT molecular complexity index is 311. The van der Waals surface area contributed by atoms with Crippen molar-refractivity contribution in [3.8, 4) is 0 Å². The Labute approximate surface area is 109 Å². The summed E-state index contributed by atoms with van der Waals surface area (Å²) in [4.78, 5) is 36.8. The largest absolute Gasteiger partial charge is 0.480 e. The second-order valence-corrected chi connectivity index (χ2v) is 3.91. The van der Waals surface area contributed by atoms with Crippen LogP contribution in [0.4, 0.5) is 0 Å². The van der Waals surface area contributed by atoms with E-state index in [1.54, 1.807) is 0 Å². The molecule has 0 aromatic rings. The molecular formula is C9H16N2O6S. The summed E-state index contributed by atoms with van der Waals surface area (Å²) in [5.74, 6) is -2.18. The first-order chi connectivity index (χ1) is 8.42. The zero-order valence-electron chi connectivity index (χ0n) is 9.87. The molecule has 2 atom stereocenters. The molecule has 0 saturated carbocycles. The SMILES string of the molecule is CCCCC(O[N+](=O)[O-])C(=O)NC(CS)C(=O)O. The summed E-state index contributed by atoms with van der Waals surface area (Å²) in [6.07, 6.45) is 0.161. The lowest BCUT2D eigenvalue weighted by molar-refractivity contribution is -0.764. The topological polar surface area (TPSA) is 119 Å². The molecule has 0 fully saturated rings. The van der Waals surface area contributed by atoms with Crippen LogP contribution in [0, 0.1) is 10.1 Å². The van der Waals surface area contributed by atoms with E-state index in [0.717, 1.165) is 6.42 Å². The molecule has 0 spiro atoms. The van der Waals surface area contributed by atoms with Gasteiger partial charge in [0.1, 0.15) is 6.04 Å². The average Bonchev–Trinajstić information content (AvgIpc) is 2.30. The van der Waals surface area contributed by atoms with Crippen LogP contribution in [0.2, 0.25) is 0 Å². The van der Waals surface area contributed by atoms with Gasteiger partial charge in [-0.2, -0.15) is 12.6 Å². The Morgan fingerprint density at radius 2 is 2.17 bits per heavy atom. The van der Waals surface area contributed by atoms with Gasteiger partial charge in [-0.25, -0.2) is 4.79 Å². The van der Waals surface area contributed by atoms with Crippen LogP contribution in [0.25, 0.3) is 0 Å². The Morgan fingerprint density at radius 1 is 1.56 bits per heavy atom. The number of carboxylic acids is 1. The van der Waals surface area contributed by atoms with Crippen molar-refractivity contribution >= 4 is 24.5 Å². The highest BCUT2D eigenvalue weighted by Gasteiger charge is 2.26. The molecule has 9 heteroatoms. The van der Waals surface area contributed by atoms with Gasteiger partial charge in [-0.05, 0) is 6.42 Å². The normalized spacial score (nSPS) is 13.4. The second-order valence-electron chi connectivity index (χ2n) is 3.54. The maximum Gasteiger partial charge on any atom is 0.327 e. The van der Waals surface area contributed by atoms with Crippen molar-refractivity contribution in [2.24, 2.45) is 0 Å². The first-order valence-corrected chi connectivity index (χ1v) is 6.00. The minimum Gasteiger partial charge on any atom is -0.480 e. The predicted molar refractivity (Wildman–Crippen MR) is 64.8 cm³/mol. The Morgan fingerprint density at radius 3 is 2.56 bits per heavy atom.